The van der Waals surface area contributed by atoms with Crippen LogP contribution in [0, 0.1) is 0 Å². The number of hydrazone groups is 1. The van der Waals surface area contributed by atoms with Crippen LogP contribution in [0.1, 0.15) is 22.6 Å². The molecule has 2 atom stereocenters. The summed E-state index contributed by atoms with van der Waals surface area (Å²) in [5.74, 6) is 0.605. The molecule has 6 nitrogen and oxygen atoms in total. The largest absolute Gasteiger partial charge is 0.497 e. The summed E-state index contributed by atoms with van der Waals surface area (Å²) in [5, 5.41) is 7.05. The molecule has 2 aliphatic rings. The average Bonchev–Trinajstić information content (AvgIpc) is 3.57. The molecule has 0 aliphatic carbocycles. The molecule has 2 aliphatic heterocycles. The molecule has 204 valence electrons. The molecule has 2 heterocycles. The second kappa shape index (κ2) is 10.5. The number of para-hydroxylation sites is 1. The molecular weight excluding hydrogens is 520 g/mol. The molecule has 1 spiro atoms. The summed E-state index contributed by atoms with van der Waals surface area (Å²) < 4.78 is 5.42. The quantitative estimate of drug-likeness (QED) is 0.232. The maximum atomic E-state index is 15.3. The van der Waals surface area contributed by atoms with E-state index < -0.39 is 11.6 Å². The van der Waals surface area contributed by atoms with Crippen LogP contribution in [0.3, 0.4) is 0 Å². The first-order chi connectivity index (χ1) is 20.7. The molecule has 5 aromatic rings. The van der Waals surface area contributed by atoms with Crippen molar-refractivity contribution in [1.29, 1.82) is 0 Å². The molecule has 5 aromatic carbocycles. The molecule has 0 unspecified atom stereocenters. The lowest BCUT2D eigenvalue weighted by atomic mass is 9.80. The third-order valence-electron chi connectivity index (χ3n) is 7.78. The third kappa shape index (κ3) is 4.08. The number of nitrogens with zero attached hydrogens (tertiary/aromatic N) is 4. The number of ether oxygens (including phenoxy) is 1. The SMILES string of the molecule is COc1ccc(N2C(=O)[C@]3(N=C2c2ccccc2)[C@H](c2ccccc2)C(c2ccccc2)=NN3c2ccccc2)cc1. The van der Waals surface area contributed by atoms with Gasteiger partial charge in [-0.15, -0.1) is 0 Å². The summed E-state index contributed by atoms with van der Waals surface area (Å²) in [6.45, 7) is 0. The molecule has 0 bridgehead atoms. The Morgan fingerprint density at radius 2 is 1.19 bits per heavy atom. The van der Waals surface area contributed by atoms with Gasteiger partial charge in [0.25, 0.3) is 5.91 Å². The van der Waals surface area contributed by atoms with Crippen molar-refractivity contribution >= 4 is 28.8 Å². The Hall–Kier alpha value is -5.49. The van der Waals surface area contributed by atoms with Crippen LogP contribution in [0.2, 0.25) is 0 Å². The van der Waals surface area contributed by atoms with Gasteiger partial charge >= 0.3 is 0 Å². The first-order valence-corrected chi connectivity index (χ1v) is 13.9. The van der Waals surface area contributed by atoms with Crippen LogP contribution in [-0.2, 0) is 4.79 Å². The van der Waals surface area contributed by atoms with Crippen LogP contribution in [0.25, 0.3) is 0 Å². The Morgan fingerprint density at radius 1 is 0.643 bits per heavy atom. The predicted molar refractivity (Wildman–Crippen MR) is 167 cm³/mol. The Kier molecular flexibility index (Phi) is 6.36. The molecular formula is C36H28N4O2. The highest BCUT2D eigenvalue weighted by Crippen LogP contribution is 2.50. The van der Waals surface area contributed by atoms with Crippen LogP contribution in [0.4, 0.5) is 11.4 Å². The third-order valence-corrected chi connectivity index (χ3v) is 7.78. The van der Waals surface area contributed by atoms with E-state index in [1.165, 1.54) is 0 Å². The fourth-order valence-corrected chi connectivity index (χ4v) is 5.85. The van der Waals surface area contributed by atoms with E-state index in [0.29, 0.717) is 17.3 Å². The lowest BCUT2D eigenvalue weighted by Gasteiger charge is -2.35. The summed E-state index contributed by atoms with van der Waals surface area (Å²) in [6.07, 6.45) is 0. The zero-order chi connectivity index (χ0) is 28.5. The van der Waals surface area contributed by atoms with Gasteiger partial charge in [0, 0.05) is 5.56 Å². The minimum Gasteiger partial charge on any atom is -0.497 e. The van der Waals surface area contributed by atoms with Crippen molar-refractivity contribution in [3.8, 4) is 5.75 Å². The summed E-state index contributed by atoms with van der Waals surface area (Å²) in [6, 6.07) is 47.4. The number of methoxy groups -OCH3 is 1. The van der Waals surface area contributed by atoms with Gasteiger partial charge in [0.15, 0.2) is 0 Å². The van der Waals surface area contributed by atoms with Crippen LogP contribution < -0.4 is 14.6 Å². The van der Waals surface area contributed by atoms with E-state index >= 15 is 4.79 Å². The fourth-order valence-electron chi connectivity index (χ4n) is 5.85. The number of anilines is 2. The number of carbonyl (C=O) groups excluding carboxylic acids is 1. The van der Waals surface area contributed by atoms with E-state index in [1.54, 1.807) is 12.0 Å². The van der Waals surface area contributed by atoms with Crippen molar-refractivity contribution in [2.24, 2.45) is 10.1 Å². The molecule has 42 heavy (non-hydrogen) atoms. The standard InChI is InChI=1S/C36H28N4O2/c1-42-31-24-22-29(23-25-31)39-34(28-18-10-4-11-19-28)37-36(35(39)41)32(26-14-6-2-7-15-26)33(27-16-8-3-9-17-27)38-40(36)30-20-12-5-13-21-30/h2-25,32H,1H3/t32-,36+/m1/s1. The van der Waals surface area contributed by atoms with E-state index in [2.05, 4.69) is 12.1 Å². The zero-order valence-corrected chi connectivity index (χ0v) is 23.0. The molecule has 6 heteroatoms. The Balaban J connectivity index is 1.52. The van der Waals surface area contributed by atoms with Gasteiger partial charge in [-0.2, -0.15) is 5.10 Å². The minimum atomic E-state index is -1.42. The number of amidine groups is 1. The summed E-state index contributed by atoms with van der Waals surface area (Å²) >= 11 is 0. The second-order valence-electron chi connectivity index (χ2n) is 10.2. The predicted octanol–water partition coefficient (Wildman–Crippen LogP) is 6.89. The highest BCUT2D eigenvalue weighted by Gasteiger charge is 2.63. The van der Waals surface area contributed by atoms with Gasteiger partial charge in [0.2, 0.25) is 5.66 Å². The van der Waals surface area contributed by atoms with Crippen molar-refractivity contribution in [3.05, 3.63) is 162 Å². The van der Waals surface area contributed by atoms with Gasteiger partial charge in [-0.25, -0.2) is 10.0 Å². The normalized spacial score (nSPS) is 19.6. The number of aliphatic imine (C=N–C) groups is 1. The molecule has 0 saturated heterocycles. The van der Waals surface area contributed by atoms with Crippen LogP contribution in [-0.4, -0.2) is 30.2 Å². The minimum absolute atomic E-state index is 0.182. The van der Waals surface area contributed by atoms with E-state index in [1.807, 2.05) is 138 Å². The Labute approximate surface area is 244 Å². The average molecular weight is 549 g/mol. The summed E-state index contributed by atoms with van der Waals surface area (Å²) in [4.78, 5) is 22.4. The number of rotatable bonds is 6. The zero-order valence-electron chi connectivity index (χ0n) is 23.0. The van der Waals surface area contributed by atoms with Crippen molar-refractivity contribution in [2.45, 2.75) is 11.6 Å². The van der Waals surface area contributed by atoms with E-state index in [0.717, 1.165) is 28.1 Å². The number of hydrogen-bond acceptors (Lipinski definition) is 5. The molecule has 0 N–H and O–H groups in total. The van der Waals surface area contributed by atoms with Crippen molar-refractivity contribution in [2.75, 3.05) is 17.0 Å². The van der Waals surface area contributed by atoms with E-state index in [4.69, 9.17) is 14.8 Å². The van der Waals surface area contributed by atoms with Crippen LogP contribution in [0.5, 0.6) is 5.75 Å². The van der Waals surface area contributed by atoms with Gasteiger partial charge < -0.3 is 4.74 Å². The maximum absolute atomic E-state index is 15.3. The van der Waals surface area contributed by atoms with Gasteiger partial charge in [-0.3, -0.25) is 9.69 Å². The fraction of sp³-hybridized carbons (Fsp3) is 0.0833. The van der Waals surface area contributed by atoms with Crippen LogP contribution in [0.15, 0.2) is 156 Å². The van der Waals surface area contributed by atoms with Crippen molar-refractivity contribution in [1.82, 2.24) is 0 Å². The summed E-state index contributed by atoms with van der Waals surface area (Å²) in [7, 11) is 1.63. The number of hydrogen-bond donors (Lipinski definition) is 0. The Morgan fingerprint density at radius 3 is 1.79 bits per heavy atom. The first kappa shape index (κ1) is 25.5. The number of amides is 1. The second-order valence-corrected chi connectivity index (χ2v) is 10.2. The monoisotopic (exact) mass is 548 g/mol. The molecule has 0 aromatic heterocycles. The number of benzene rings is 5. The van der Waals surface area contributed by atoms with Gasteiger partial charge in [-0.1, -0.05) is 109 Å². The van der Waals surface area contributed by atoms with Crippen LogP contribution >= 0.6 is 0 Å². The highest BCUT2D eigenvalue weighted by atomic mass is 16.5. The maximum Gasteiger partial charge on any atom is 0.284 e. The van der Waals surface area contributed by atoms with E-state index in [-0.39, 0.29) is 5.91 Å². The van der Waals surface area contributed by atoms with Crippen molar-refractivity contribution < 1.29 is 9.53 Å². The lowest BCUT2D eigenvalue weighted by Crippen LogP contribution is -2.55. The van der Waals surface area contributed by atoms with E-state index in [9.17, 15) is 0 Å². The van der Waals surface area contributed by atoms with Gasteiger partial charge in [0.1, 0.15) is 11.6 Å². The number of carbonyl (C=O) groups is 1. The topological polar surface area (TPSA) is 57.5 Å². The molecule has 1 amide bonds. The lowest BCUT2D eigenvalue weighted by molar-refractivity contribution is -0.121. The van der Waals surface area contributed by atoms with Gasteiger partial charge in [0.05, 0.1) is 30.1 Å². The molecule has 0 fully saturated rings. The Bertz CT molecular complexity index is 1770. The summed E-state index contributed by atoms with van der Waals surface area (Å²) in [5.41, 5.74) is 3.59. The first-order valence-electron chi connectivity index (χ1n) is 13.9. The molecule has 7 rings (SSSR count). The smallest absolute Gasteiger partial charge is 0.284 e. The highest BCUT2D eigenvalue weighted by molar-refractivity contribution is 6.32. The molecule has 0 radical (unpaired) electrons. The molecule has 0 saturated carbocycles. The van der Waals surface area contributed by atoms with Gasteiger partial charge in [-0.05, 0) is 47.5 Å². The van der Waals surface area contributed by atoms with Crippen molar-refractivity contribution in [3.63, 3.8) is 0 Å².